The van der Waals surface area contributed by atoms with Crippen LogP contribution in [-0.2, 0) is 21.1 Å². The summed E-state index contributed by atoms with van der Waals surface area (Å²) in [5.74, 6) is -0.547. The van der Waals surface area contributed by atoms with Gasteiger partial charge in [0, 0.05) is 12.6 Å². The first kappa shape index (κ1) is 15.5. The molecule has 0 saturated carbocycles. The summed E-state index contributed by atoms with van der Waals surface area (Å²) in [6.45, 7) is 0.696. The molecule has 0 N–H and O–H groups in total. The van der Waals surface area contributed by atoms with E-state index in [4.69, 9.17) is 0 Å². The minimum absolute atomic E-state index is 0.00833. The Balaban J connectivity index is 1.68. The third-order valence-electron chi connectivity index (χ3n) is 4.63. The van der Waals surface area contributed by atoms with Crippen molar-refractivity contribution in [1.82, 2.24) is 4.90 Å². The van der Waals surface area contributed by atoms with Crippen LogP contribution in [0.2, 0.25) is 0 Å². The lowest BCUT2D eigenvalue weighted by Crippen LogP contribution is -2.41. The standard InChI is InChI=1S/C16H20FNO3S/c17-14-5-3-12(4-6-14)10-15-2-1-8-18(15)16(19)13-7-9-22(20,21)11-13/h3-6,13,15H,1-2,7-11H2/t13-,15-/m1/s1. The van der Waals surface area contributed by atoms with Gasteiger partial charge in [-0.25, -0.2) is 12.8 Å². The second-order valence-electron chi connectivity index (χ2n) is 6.26. The second kappa shape index (κ2) is 5.99. The number of carbonyl (C=O) groups excluding carboxylic acids is 1. The van der Waals surface area contributed by atoms with Gasteiger partial charge in [-0.3, -0.25) is 4.79 Å². The number of carbonyl (C=O) groups is 1. The second-order valence-corrected chi connectivity index (χ2v) is 8.49. The maximum atomic E-state index is 13.0. The van der Waals surface area contributed by atoms with E-state index >= 15 is 0 Å². The molecule has 0 bridgehead atoms. The van der Waals surface area contributed by atoms with E-state index in [9.17, 15) is 17.6 Å². The summed E-state index contributed by atoms with van der Waals surface area (Å²) >= 11 is 0. The molecule has 0 spiro atoms. The minimum Gasteiger partial charge on any atom is -0.339 e. The largest absolute Gasteiger partial charge is 0.339 e. The van der Waals surface area contributed by atoms with E-state index in [0.29, 0.717) is 19.4 Å². The van der Waals surface area contributed by atoms with Gasteiger partial charge < -0.3 is 4.90 Å². The van der Waals surface area contributed by atoms with Crippen LogP contribution in [-0.4, -0.2) is 43.3 Å². The van der Waals surface area contributed by atoms with Crippen LogP contribution in [0.15, 0.2) is 24.3 Å². The molecule has 0 radical (unpaired) electrons. The van der Waals surface area contributed by atoms with Gasteiger partial charge in [0.1, 0.15) is 5.82 Å². The Morgan fingerprint density at radius 1 is 1.23 bits per heavy atom. The molecule has 22 heavy (non-hydrogen) atoms. The van der Waals surface area contributed by atoms with Crippen LogP contribution < -0.4 is 0 Å². The Morgan fingerprint density at radius 3 is 2.59 bits per heavy atom. The summed E-state index contributed by atoms with van der Waals surface area (Å²) in [4.78, 5) is 14.4. The Kier molecular flexibility index (Phi) is 4.21. The fourth-order valence-corrected chi connectivity index (χ4v) is 5.19. The number of rotatable bonds is 3. The van der Waals surface area contributed by atoms with Crippen molar-refractivity contribution in [2.45, 2.75) is 31.7 Å². The van der Waals surface area contributed by atoms with Gasteiger partial charge in [0.2, 0.25) is 5.91 Å². The third kappa shape index (κ3) is 3.32. The molecule has 2 aliphatic rings. The minimum atomic E-state index is -3.04. The zero-order valence-electron chi connectivity index (χ0n) is 12.4. The van der Waals surface area contributed by atoms with E-state index in [1.165, 1.54) is 12.1 Å². The van der Waals surface area contributed by atoms with Gasteiger partial charge in [-0.2, -0.15) is 0 Å². The van der Waals surface area contributed by atoms with E-state index in [1.807, 2.05) is 4.90 Å². The molecule has 2 atom stereocenters. The van der Waals surface area contributed by atoms with E-state index in [-0.39, 0.29) is 35.2 Å². The fraction of sp³-hybridized carbons (Fsp3) is 0.562. The van der Waals surface area contributed by atoms with Crippen LogP contribution >= 0.6 is 0 Å². The summed E-state index contributed by atoms with van der Waals surface area (Å²) in [6, 6.07) is 6.45. The molecule has 3 rings (SSSR count). The van der Waals surface area contributed by atoms with E-state index in [1.54, 1.807) is 12.1 Å². The number of hydrogen-bond donors (Lipinski definition) is 0. The number of nitrogens with zero attached hydrogens (tertiary/aromatic N) is 1. The predicted octanol–water partition coefficient (Wildman–Crippen LogP) is 1.79. The van der Waals surface area contributed by atoms with Gasteiger partial charge in [0.25, 0.3) is 0 Å². The summed E-state index contributed by atoms with van der Waals surface area (Å²) in [7, 11) is -3.04. The quantitative estimate of drug-likeness (QED) is 0.851. The van der Waals surface area contributed by atoms with E-state index in [2.05, 4.69) is 0 Å². The summed E-state index contributed by atoms with van der Waals surface area (Å²) in [5.41, 5.74) is 1.00. The van der Waals surface area contributed by atoms with Gasteiger partial charge in [-0.15, -0.1) is 0 Å². The third-order valence-corrected chi connectivity index (χ3v) is 6.39. The van der Waals surface area contributed by atoms with Crippen LogP contribution in [0.25, 0.3) is 0 Å². The number of benzene rings is 1. The van der Waals surface area contributed by atoms with Crippen molar-refractivity contribution in [3.63, 3.8) is 0 Å². The van der Waals surface area contributed by atoms with Crippen LogP contribution in [0.5, 0.6) is 0 Å². The monoisotopic (exact) mass is 325 g/mol. The van der Waals surface area contributed by atoms with Gasteiger partial charge in [0.05, 0.1) is 17.4 Å². The fourth-order valence-electron chi connectivity index (χ4n) is 3.45. The zero-order valence-corrected chi connectivity index (χ0v) is 13.2. The molecule has 0 aliphatic carbocycles. The Hall–Kier alpha value is -1.43. The number of likely N-dealkylation sites (tertiary alicyclic amines) is 1. The van der Waals surface area contributed by atoms with Crippen LogP contribution in [0.4, 0.5) is 4.39 Å². The average molecular weight is 325 g/mol. The van der Waals surface area contributed by atoms with Crippen molar-refractivity contribution < 1.29 is 17.6 Å². The molecular formula is C16H20FNO3S. The molecule has 0 unspecified atom stereocenters. The highest BCUT2D eigenvalue weighted by atomic mass is 32.2. The lowest BCUT2D eigenvalue weighted by Gasteiger charge is -2.27. The summed E-state index contributed by atoms with van der Waals surface area (Å²) in [6.07, 6.45) is 3.01. The zero-order chi connectivity index (χ0) is 15.7. The molecule has 1 aromatic rings. The van der Waals surface area contributed by atoms with Crippen molar-refractivity contribution in [3.8, 4) is 0 Å². The molecule has 2 saturated heterocycles. The average Bonchev–Trinajstić information content (AvgIpc) is 3.07. The van der Waals surface area contributed by atoms with Crippen molar-refractivity contribution in [2.24, 2.45) is 5.92 Å². The van der Waals surface area contributed by atoms with Crippen molar-refractivity contribution in [2.75, 3.05) is 18.1 Å². The van der Waals surface area contributed by atoms with Crippen LogP contribution in [0.3, 0.4) is 0 Å². The summed E-state index contributed by atoms with van der Waals surface area (Å²) < 4.78 is 36.1. The number of amides is 1. The maximum Gasteiger partial charge on any atom is 0.226 e. The Bertz CT molecular complexity index is 656. The van der Waals surface area contributed by atoms with Gasteiger partial charge in [-0.05, 0) is 43.4 Å². The molecule has 4 nitrogen and oxygen atoms in total. The first-order chi connectivity index (χ1) is 10.4. The molecule has 0 aromatic heterocycles. The smallest absolute Gasteiger partial charge is 0.226 e. The Labute approximate surface area is 130 Å². The van der Waals surface area contributed by atoms with E-state index in [0.717, 1.165) is 18.4 Å². The van der Waals surface area contributed by atoms with Crippen LogP contribution in [0, 0.1) is 11.7 Å². The lowest BCUT2D eigenvalue weighted by molar-refractivity contribution is -0.135. The highest BCUT2D eigenvalue weighted by Crippen LogP contribution is 2.27. The van der Waals surface area contributed by atoms with Gasteiger partial charge in [-0.1, -0.05) is 12.1 Å². The first-order valence-electron chi connectivity index (χ1n) is 7.70. The SMILES string of the molecule is O=C([C@@H]1CCS(=O)(=O)C1)N1CCC[C@@H]1Cc1ccc(F)cc1. The normalized spacial score (nSPS) is 27.2. The maximum absolute atomic E-state index is 13.0. The predicted molar refractivity (Wildman–Crippen MR) is 81.6 cm³/mol. The highest BCUT2D eigenvalue weighted by Gasteiger charge is 2.38. The number of sulfone groups is 1. The van der Waals surface area contributed by atoms with Gasteiger partial charge in [0.15, 0.2) is 9.84 Å². The molecule has 120 valence electrons. The van der Waals surface area contributed by atoms with Crippen molar-refractivity contribution in [1.29, 1.82) is 0 Å². The van der Waals surface area contributed by atoms with Gasteiger partial charge >= 0.3 is 0 Å². The van der Waals surface area contributed by atoms with E-state index < -0.39 is 9.84 Å². The van der Waals surface area contributed by atoms with Crippen LogP contribution in [0.1, 0.15) is 24.8 Å². The lowest BCUT2D eigenvalue weighted by atomic mass is 10.0. The molecule has 2 heterocycles. The van der Waals surface area contributed by atoms with Crippen molar-refractivity contribution >= 4 is 15.7 Å². The molecule has 6 heteroatoms. The number of hydrogen-bond acceptors (Lipinski definition) is 3. The molecule has 1 aromatic carbocycles. The molecular weight excluding hydrogens is 305 g/mol. The molecule has 2 aliphatic heterocycles. The number of halogens is 1. The Morgan fingerprint density at radius 2 is 1.95 bits per heavy atom. The topological polar surface area (TPSA) is 54.5 Å². The summed E-state index contributed by atoms with van der Waals surface area (Å²) in [5, 5.41) is 0. The molecule has 1 amide bonds. The van der Waals surface area contributed by atoms with Crippen molar-refractivity contribution in [3.05, 3.63) is 35.6 Å². The highest BCUT2D eigenvalue weighted by molar-refractivity contribution is 7.91. The molecule has 2 fully saturated rings. The first-order valence-corrected chi connectivity index (χ1v) is 9.52.